The van der Waals surface area contributed by atoms with Gasteiger partial charge in [-0.15, -0.1) is 0 Å². The molecule has 128 valence electrons. The number of benzene rings is 1. The molecule has 1 aromatic carbocycles. The van der Waals surface area contributed by atoms with Crippen LogP contribution in [0.15, 0.2) is 24.3 Å². The molecular formula is C14H16F4N2O3. The zero-order chi connectivity index (χ0) is 17.7. The minimum Gasteiger partial charge on any atom is -0.463 e. The lowest BCUT2D eigenvalue weighted by atomic mass is 10.1. The molecule has 0 fully saturated rings. The van der Waals surface area contributed by atoms with Gasteiger partial charge in [0.1, 0.15) is 5.82 Å². The van der Waals surface area contributed by atoms with Crippen LogP contribution in [0.5, 0.6) is 0 Å². The number of rotatable bonds is 6. The molecule has 0 aliphatic carbocycles. The van der Waals surface area contributed by atoms with E-state index in [2.05, 4.69) is 4.74 Å². The van der Waals surface area contributed by atoms with Gasteiger partial charge in [0.2, 0.25) is 5.91 Å². The van der Waals surface area contributed by atoms with Crippen molar-refractivity contribution in [1.82, 2.24) is 5.32 Å². The first-order valence-corrected chi connectivity index (χ1v) is 6.75. The first-order valence-electron chi connectivity index (χ1n) is 6.75. The molecule has 0 spiro atoms. The normalized spacial score (nSPS) is 13.8. The zero-order valence-corrected chi connectivity index (χ0v) is 12.5. The van der Waals surface area contributed by atoms with E-state index in [0.29, 0.717) is 0 Å². The smallest absolute Gasteiger partial charge is 0.441 e. The van der Waals surface area contributed by atoms with Gasteiger partial charge in [0.05, 0.1) is 12.3 Å². The average molecular weight is 336 g/mol. The highest BCUT2D eigenvalue weighted by Crippen LogP contribution is 2.34. The lowest BCUT2D eigenvalue weighted by molar-refractivity contribution is -0.207. The Balaban J connectivity index is 3.39. The highest BCUT2D eigenvalue weighted by molar-refractivity contribution is 5.91. The predicted molar refractivity (Wildman–Crippen MR) is 73.9 cm³/mol. The molecule has 0 aliphatic heterocycles. The number of carbonyl (C=O) groups is 2. The van der Waals surface area contributed by atoms with Crippen LogP contribution < -0.4 is 10.6 Å². The van der Waals surface area contributed by atoms with Crippen LogP contribution in [0.4, 0.5) is 23.2 Å². The number of ether oxygens (including phenoxy) is 1. The number of hydrogen-bond donors (Lipinski definition) is 2. The van der Waals surface area contributed by atoms with Gasteiger partial charge in [-0.25, -0.2) is 9.18 Å². The molecule has 0 aliphatic rings. The van der Waals surface area contributed by atoms with E-state index in [9.17, 15) is 27.2 Å². The maximum atomic E-state index is 13.7. The maximum absolute atomic E-state index is 13.7. The Kier molecular flexibility index (Phi) is 5.94. The van der Waals surface area contributed by atoms with E-state index in [-0.39, 0.29) is 13.0 Å². The SMILES string of the molecule is CCOC(=O)[C@@](NC(=O)CC)(Nc1ccccc1F)C(F)(F)F. The third-order valence-electron chi connectivity index (χ3n) is 2.85. The van der Waals surface area contributed by atoms with Crippen molar-refractivity contribution in [3.8, 4) is 0 Å². The van der Waals surface area contributed by atoms with Gasteiger partial charge in [0.25, 0.3) is 0 Å². The second-order valence-corrected chi connectivity index (χ2v) is 4.47. The molecule has 0 aromatic heterocycles. The van der Waals surface area contributed by atoms with Crippen LogP contribution >= 0.6 is 0 Å². The van der Waals surface area contributed by atoms with E-state index < -0.39 is 35.2 Å². The number of alkyl halides is 3. The maximum Gasteiger partial charge on any atom is 0.441 e. The summed E-state index contributed by atoms with van der Waals surface area (Å²) in [6.07, 6.45) is -5.58. The van der Waals surface area contributed by atoms with E-state index in [0.717, 1.165) is 12.1 Å². The average Bonchev–Trinajstić information content (AvgIpc) is 2.47. The minimum absolute atomic E-state index is 0.309. The lowest BCUT2D eigenvalue weighted by Crippen LogP contribution is -2.69. The monoisotopic (exact) mass is 336 g/mol. The Bertz CT molecular complexity index is 577. The number of para-hydroxylation sites is 1. The van der Waals surface area contributed by atoms with Crippen LogP contribution in [0.3, 0.4) is 0 Å². The summed E-state index contributed by atoms with van der Waals surface area (Å²) in [5, 5.41) is 3.31. The third kappa shape index (κ3) is 4.11. The summed E-state index contributed by atoms with van der Waals surface area (Å²) in [6.45, 7) is 2.27. The molecule has 23 heavy (non-hydrogen) atoms. The van der Waals surface area contributed by atoms with Crippen molar-refractivity contribution in [3.05, 3.63) is 30.1 Å². The summed E-state index contributed by atoms with van der Waals surface area (Å²) in [5.41, 5.74) is -4.19. The first-order chi connectivity index (χ1) is 10.7. The molecule has 0 saturated heterocycles. The summed E-state index contributed by atoms with van der Waals surface area (Å²) in [7, 11) is 0. The first kappa shape index (κ1) is 18.7. The quantitative estimate of drug-likeness (QED) is 0.476. The van der Waals surface area contributed by atoms with Gasteiger partial charge in [-0.05, 0) is 19.1 Å². The van der Waals surface area contributed by atoms with Crippen molar-refractivity contribution in [2.45, 2.75) is 32.1 Å². The van der Waals surface area contributed by atoms with Crippen LogP contribution in [0, 0.1) is 5.82 Å². The molecule has 1 atom stereocenters. The number of esters is 1. The van der Waals surface area contributed by atoms with Crippen molar-refractivity contribution < 1.29 is 31.9 Å². The number of nitrogens with one attached hydrogen (secondary N) is 2. The fraction of sp³-hybridized carbons (Fsp3) is 0.429. The second kappa shape index (κ2) is 7.30. The Hall–Kier alpha value is -2.32. The molecule has 0 radical (unpaired) electrons. The molecule has 1 rings (SSSR count). The van der Waals surface area contributed by atoms with Crippen LogP contribution in [-0.2, 0) is 14.3 Å². The van der Waals surface area contributed by atoms with Gasteiger partial charge >= 0.3 is 17.8 Å². The highest BCUT2D eigenvalue weighted by Gasteiger charge is 2.63. The van der Waals surface area contributed by atoms with Crippen LogP contribution in [0.25, 0.3) is 0 Å². The van der Waals surface area contributed by atoms with Gasteiger partial charge in [-0.3, -0.25) is 4.79 Å². The number of anilines is 1. The minimum atomic E-state index is -5.27. The molecule has 2 N–H and O–H groups in total. The van der Waals surface area contributed by atoms with E-state index in [1.54, 1.807) is 10.6 Å². The molecule has 0 saturated carbocycles. The Morgan fingerprint density at radius 2 is 1.78 bits per heavy atom. The van der Waals surface area contributed by atoms with Crippen LogP contribution in [-0.4, -0.2) is 30.3 Å². The molecule has 0 heterocycles. The fourth-order valence-electron chi connectivity index (χ4n) is 1.69. The molecule has 9 heteroatoms. The molecule has 0 bridgehead atoms. The van der Waals surface area contributed by atoms with E-state index in [1.807, 2.05) is 0 Å². The zero-order valence-electron chi connectivity index (χ0n) is 12.5. The highest BCUT2D eigenvalue weighted by atomic mass is 19.4. The summed E-state index contributed by atoms with van der Waals surface area (Å²) in [4.78, 5) is 23.4. The molecule has 1 aromatic rings. The lowest BCUT2D eigenvalue weighted by Gasteiger charge is -2.35. The summed E-state index contributed by atoms with van der Waals surface area (Å²) in [5.74, 6) is -3.85. The van der Waals surface area contributed by atoms with Crippen molar-refractivity contribution in [2.75, 3.05) is 11.9 Å². The van der Waals surface area contributed by atoms with Gasteiger partial charge < -0.3 is 15.4 Å². The van der Waals surface area contributed by atoms with E-state index in [4.69, 9.17) is 0 Å². The Morgan fingerprint density at radius 1 is 1.17 bits per heavy atom. The fourth-order valence-corrected chi connectivity index (χ4v) is 1.69. The standard InChI is InChI=1S/C14H16F4N2O3/c1-3-11(21)20-13(14(16,17)18,12(22)23-4-2)19-10-8-6-5-7-9(10)15/h5-8,19H,3-4H2,1-2H3,(H,20,21)/t13-/m0/s1. The predicted octanol–water partition coefficient (Wildman–Crippen LogP) is 2.59. The summed E-state index contributed by atoms with van der Waals surface area (Å²) < 4.78 is 58.8. The van der Waals surface area contributed by atoms with Crippen LogP contribution in [0.2, 0.25) is 0 Å². The van der Waals surface area contributed by atoms with Gasteiger partial charge in [0, 0.05) is 6.42 Å². The number of carbonyl (C=O) groups excluding carboxylic acids is 2. The van der Waals surface area contributed by atoms with Crippen molar-refractivity contribution in [2.24, 2.45) is 0 Å². The van der Waals surface area contributed by atoms with Crippen molar-refractivity contribution in [3.63, 3.8) is 0 Å². The number of amides is 1. The molecule has 0 unspecified atom stereocenters. The number of halogens is 4. The van der Waals surface area contributed by atoms with Crippen molar-refractivity contribution >= 4 is 17.6 Å². The molecule has 5 nitrogen and oxygen atoms in total. The molecule has 1 amide bonds. The molecular weight excluding hydrogens is 320 g/mol. The summed E-state index contributed by atoms with van der Waals surface area (Å²) >= 11 is 0. The third-order valence-corrected chi connectivity index (χ3v) is 2.85. The van der Waals surface area contributed by atoms with E-state index >= 15 is 0 Å². The van der Waals surface area contributed by atoms with Crippen LogP contribution in [0.1, 0.15) is 20.3 Å². The largest absolute Gasteiger partial charge is 0.463 e. The van der Waals surface area contributed by atoms with E-state index in [1.165, 1.54) is 26.0 Å². The summed E-state index contributed by atoms with van der Waals surface area (Å²) in [6, 6.07) is 4.47. The second-order valence-electron chi connectivity index (χ2n) is 4.47. The van der Waals surface area contributed by atoms with Gasteiger partial charge in [-0.1, -0.05) is 19.1 Å². The number of hydrogen-bond acceptors (Lipinski definition) is 4. The Labute approximate surface area is 130 Å². The Morgan fingerprint density at radius 3 is 2.26 bits per heavy atom. The van der Waals surface area contributed by atoms with Crippen molar-refractivity contribution in [1.29, 1.82) is 0 Å². The van der Waals surface area contributed by atoms with Gasteiger partial charge in [0.15, 0.2) is 0 Å². The van der Waals surface area contributed by atoms with Gasteiger partial charge in [-0.2, -0.15) is 13.2 Å². The topological polar surface area (TPSA) is 67.4 Å².